The van der Waals surface area contributed by atoms with Crippen molar-refractivity contribution in [2.75, 3.05) is 56.1 Å². The highest BCUT2D eigenvalue weighted by molar-refractivity contribution is 7.99. The van der Waals surface area contributed by atoms with Crippen LogP contribution in [0.3, 0.4) is 0 Å². The van der Waals surface area contributed by atoms with E-state index in [4.69, 9.17) is 29.1 Å². The number of guanidine groups is 1. The van der Waals surface area contributed by atoms with Crippen molar-refractivity contribution >= 4 is 123 Å². The number of rotatable bonds is 48. The van der Waals surface area contributed by atoms with Crippen molar-refractivity contribution in [3.8, 4) is 0 Å². The molecule has 9 atom stereocenters. The molecule has 1 saturated heterocycles. The maximum atomic E-state index is 15.3. The molecule has 125 heavy (non-hydrogen) atoms. The number of benzene rings is 5. The van der Waals surface area contributed by atoms with Gasteiger partial charge in [-0.25, -0.2) is 22.7 Å². The standard InChI is InChI=1S/C86H115N15O21S3/c1-55-37-39-64(40-38-55)125(116,117)100-84(87)88-41-23-35-65(94-80(111)70(51-123-53-90-57(3)102)99-85(115)122-86(5,6)7)76(107)89-45-73(104)93-66(44-74(105)121-63-33-21-12-22-34-63)77(108)95-67(43-59-25-13-8-14-26-59)82(113)101-42-24-36-72(101)81(112)92-56(2)75(106)96-68(49-118-46-60-27-15-9-16-28-60)78(109)97-69(50-119-47-61-29-17-10-18-30-61)79(110)98-71(52-124-54-91-58(4)103)83(114)120-48-62-31-19-11-20-32-62/h8-11,13-20,25-32,37-40,56,63,65-72H,12,21-24,33-36,41-54H2,1-7H3,(H,89,107)(H,90,102)(H,91,103)(H,92,112)(H,93,104)(H,94,111)(H,95,108)(H,96,106)(H,97,109)(H,98,110)(H,99,115)(H3,87,88,100)/t56-,65-,66-,67-,68-,69-,70-,71-,72-/m0/s1. The van der Waals surface area contributed by atoms with Crippen LogP contribution in [0.2, 0.25) is 0 Å². The molecule has 0 bridgehead atoms. The molecule has 0 radical (unpaired) electrons. The van der Waals surface area contributed by atoms with E-state index in [1.165, 1.54) is 37.8 Å². The van der Waals surface area contributed by atoms with Crippen molar-refractivity contribution in [3.05, 3.63) is 173 Å². The number of carbonyl (C=O) groups is 14. The summed E-state index contributed by atoms with van der Waals surface area (Å²) in [6.07, 6.45) is 1.00. The van der Waals surface area contributed by atoms with Crippen LogP contribution < -0.4 is 68.5 Å². The van der Waals surface area contributed by atoms with Crippen LogP contribution in [0.5, 0.6) is 0 Å². The van der Waals surface area contributed by atoms with E-state index in [9.17, 15) is 66.0 Å². The van der Waals surface area contributed by atoms with Crippen LogP contribution >= 0.6 is 23.5 Å². The number of amides is 12. The molecule has 1 aliphatic carbocycles. The molecule has 1 saturated carbocycles. The first kappa shape index (κ1) is 100. The highest BCUT2D eigenvalue weighted by Gasteiger charge is 2.41. The summed E-state index contributed by atoms with van der Waals surface area (Å²) in [4.78, 5) is 197. The molecule has 5 aromatic rings. The quantitative estimate of drug-likeness (QED) is 0.00663. The lowest BCUT2D eigenvalue weighted by Gasteiger charge is -2.30. The van der Waals surface area contributed by atoms with Crippen molar-refractivity contribution in [1.82, 2.24) is 73.4 Å². The van der Waals surface area contributed by atoms with Gasteiger partial charge in [-0.1, -0.05) is 145 Å². The molecule has 36 nitrogen and oxygen atoms in total. The number of carbonyl (C=O) groups excluding carboxylic acids is 14. The van der Waals surface area contributed by atoms with Gasteiger partial charge in [-0.2, -0.15) is 0 Å². The average Bonchev–Trinajstić information content (AvgIpc) is 1.71. The van der Waals surface area contributed by atoms with Gasteiger partial charge in [-0.3, -0.25) is 62.9 Å². The molecule has 14 N–H and O–H groups in total. The van der Waals surface area contributed by atoms with E-state index in [1.807, 2.05) is 0 Å². The molecule has 2 fully saturated rings. The van der Waals surface area contributed by atoms with Gasteiger partial charge in [-0.05, 0) is 120 Å². The predicted molar refractivity (Wildman–Crippen MR) is 465 cm³/mol. The van der Waals surface area contributed by atoms with Gasteiger partial charge in [0.2, 0.25) is 70.9 Å². The van der Waals surface area contributed by atoms with Crippen molar-refractivity contribution in [3.63, 3.8) is 0 Å². The number of ether oxygens (including phenoxy) is 5. The molecule has 678 valence electrons. The Kier molecular flexibility index (Phi) is 41.9. The second-order valence-corrected chi connectivity index (χ2v) is 34.6. The number of alkyl carbamates (subject to hydrolysis) is 1. The molecule has 39 heteroatoms. The Balaban J connectivity index is 1.08. The van der Waals surface area contributed by atoms with Gasteiger partial charge in [-0.15, -0.1) is 23.5 Å². The smallest absolute Gasteiger partial charge is 0.408 e. The van der Waals surface area contributed by atoms with E-state index in [1.54, 1.807) is 161 Å². The molecule has 1 aliphatic heterocycles. The lowest BCUT2D eigenvalue weighted by atomic mass is 9.98. The van der Waals surface area contributed by atoms with Crippen LogP contribution in [-0.4, -0.2) is 224 Å². The third-order valence-corrected chi connectivity index (χ3v) is 22.5. The molecule has 2 aliphatic rings. The number of thioether (sulfide) groups is 2. The van der Waals surface area contributed by atoms with Gasteiger partial charge >= 0.3 is 18.0 Å². The summed E-state index contributed by atoms with van der Waals surface area (Å²) in [6.45, 7) is 8.26. The monoisotopic (exact) mass is 1790 g/mol. The Morgan fingerprint density at radius 2 is 1.02 bits per heavy atom. The van der Waals surface area contributed by atoms with E-state index >= 15 is 9.59 Å². The molecule has 0 spiro atoms. The zero-order chi connectivity index (χ0) is 90.9. The minimum Gasteiger partial charge on any atom is -0.462 e. The molecule has 5 aromatic carbocycles. The number of hydrogen-bond acceptors (Lipinski definition) is 24. The van der Waals surface area contributed by atoms with Crippen molar-refractivity contribution < 1.29 is 99.2 Å². The average molecular weight is 1790 g/mol. The number of likely N-dealkylation sites (tertiary alicyclic amines) is 1. The molecule has 0 unspecified atom stereocenters. The number of nitrogens with zero attached hydrogens (tertiary/aromatic N) is 1. The number of sulfonamides is 1. The molecule has 12 amide bonds. The Morgan fingerprint density at radius 1 is 0.520 bits per heavy atom. The SMILES string of the molecule is CC(=O)NCSC[C@H](NC(=O)OC(C)(C)C)C(=O)N[C@@H](CCCNC(=N)NS(=O)(=O)c1ccc(C)cc1)C(=O)NCC(=O)N[C@@H](CC(=O)OC1CCCCC1)C(=O)N[C@@H](Cc1ccccc1)C(=O)N1CCC[C@H]1C(=O)N[C@@H](C)C(=O)N[C@@H](COCc1ccccc1)C(=O)N[C@@H](COCc1ccccc1)C(=O)N[C@@H](CSCNC(C)=O)C(=O)OCc1ccccc1. The van der Waals surface area contributed by atoms with Gasteiger partial charge < -0.3 is 92.4 Å². The van der Waals surface area contributed by atoms with E-state index < -0.39 is 179 Å². The highest BCUT2D eigenvalue weighted by atomic mass is 32.2. The fourth-order valence-corrected chi connectivity index (χ4v) is 15.5. The minimum absolute atomic E-state index is 0.0145. The highest BCUT2D eigenvalue weighted by Crippen LogP contribution is 2.24. The van der Waals surface area contributed by atoms with Crippen molar-refractivity contribution in [1.29, 1.82) is 5.41 Å². The van der Waals surface area contributed by atoms with Crippen LogP contribution in [0, 0.1) is 12.3 Å². The lowest BCUT2D eigenvalue weighted by Crippen LogP contribution is -2.60. The fourth-order valence-electron chi connectivity index (χ4n) is 12.8. The Morgan fingerprint density at radius 3 is 1.57 bits per heavy atom. The summed E-state index contributed by atoms with van der Waals surface area (Å²) in [7, 11) is -4.20. The second-order valence-electron chi connectivity index (χ2n) is 30.9. The molecule has 0 aromatic heterocycles. The molecule has 7 rings (SSSR count). The van der Waals surface area contributed by atoms with Crippen molar-refractivity contribution in [2.24, 2.45) is 0 Å². The number of esters is 2. The van der Waals surface area contributed by atoms with Gasteiger partial charge in [0.05, 0.1) is 56.0 Å². The molecular weight excluding hydrogens is 1680 g/mol. The van der Waals surface area contributed by atoms with Crippen molar-refractivity contribution in [2.45, 2.75) is 210 Å². The number of aryl methyl sites for hydroxylation is 1. The van der Waals surface area contributed by atoms with Crippen LogP contribution in [0.4, 0.5) is 4.79 Å². The number of hydrogen-bond donors (Lipinski definition) is 14. The largest absolute Gasteiger partial charge is 0.462 e. The lowest BCUT2D eigenvalue weighted by molar-refractivity contribution is -0.153. The first-order valence-corrected chi connectivity index (χ1v) is 44.9. The Labute approximate surface area is 736 Å². The molecular formula is C86H115N15O21S3. The Bertz CT molecular complexity index is 4540. The zero-order valence-electron chi connectivity index (χ0n) is 71.1. The van der Waals surface area contributed by atoms with Gasteiger partial charge in [0.25, 0.3) is 10.0 Å². The summed E-state index contributed by atoms with van der Waals surface area (Å²) >= 11 is 2.16. The van der Waals surface area contributed by atoms with Gasteiger partial charge in [0.15, 0.2) is 0 Å². The predicted octanol–water partition coefficient (Wildman–Crippen LogP) is 3.33. The fraction of sp³-hybridized carbons (Fsp3) is 0.477. The maximum absolute atomic E-state index is 15.3. The summed E-state index contributed by atoms with van der Waals surface area (Å²) < 4.78 is 57.2. The topological polar surface area (TPSA) is 503 Å². The minimum atomic E-state index is -4.20. The van der Waals surface area contributed by atoms with Gasteiger partial charge in [0.1, 0.15) is 72.7 Å². The van der Waals surface area contributed by atoms with E-state index in [0.29, 0.717) is 29.5 Å². The zero-order valence-corrected chi connectivity index (χ0v) is 73.6. The summed E-state index contributed by atoms with van der Waals surface area (Å²) in [5.74, 6) is -11.5. The summed E-state index contributed by atoms with van der Waals surface area (Å²) in [6, 6.07) is 27.6. The summed E-state index contributed by atoms with van der Waals surface area (Å²) in [5, 5.41) is 39.6. The first-order chi connectivity index (χ1) is 59.7. The van der Waals surface area contributed by atoms with Crippen LogP contribution in [0.15, 0.2) is 150 Å². The Hall–Kier alpha value is -11.7. The maximum Gasteiger partial charge on any atom is 0.408 e. The van der Waals surface area contributed by atoms with Crippen LogP contribution in [0.1, 0.15) is 134 Å². The van der Waals surface area contributed by atoms with E-state index in [-0.39, 0.29) is 105 Å². The van der Waals surface area contributed by atoms with Crippen LogP contribution in [0.25, 0.3) is 0 Å². The third-order valence-electron chi connectivity index (χ3n) is 19.3. The first-order valence-electron chi connectivity index (χ1n) is 41.1. The third kappa shape index (κ3) is 37.3. The normalized spacial score (nSPS) is 15.2. The summed E-state index contributed by atoms with van der Waals surface area (Å²) in [5.41, 5.74) is 2.40. The second kappa shape index (κ2) is 52.2. The van der Waals surface area contributed by atoms with Gasteiger partial charge in [0, 0.05) is 44.9 Å². The van der Waals surface area contributed by atoms with E-state index in [2.05, 4.69) is 68.5 Å². The number of nitrogens with one attached hydrogen (secondary N) is 14. The van der Waals surface area contributed by atoms with E-state index in [0.717, 1.165) is 53.9 Å². The van der Waals surface area contributed by atoms with Crippen LogP contribution in [-0.2, 0) is 122 Å². The molecule has 1 heterocycles.